The van der Waals surface area contributed by atoms with Crippen molar-refractivity contribution in [2.75, 3.05) is 37.9 Å². The summed E-state index contributed by atoms with van der Waals surface area (Å²) in [6, 6.07) is 16.9. The van der Waals surface area contributed by atoms with Crippen molar-refractivity contribution in [3.8, 4) is 22.6 Å². The summed E-state index contributed by atoms with van der Waals surface area (Å²) in [7, 11) is -0.619. The van der Waals surface area contributed by atoms with Crippen LogP contribution in [0.2, 0.25) is 25.7 Å². The topological polar surface area (TPSA) is 150 Å². The second-order valence-corrected chi connectivity index (χ2v) is 21.6. The maximum atomic E-state index is 14.0. The Labute approximate surface area is 304 Å². The van der Waals surface area contributed by atoms with Crippen LogP contribution >= 0.6 is 0 Å². The lowest BCUT2D eigenvalue weighted by Crippen LogP contribution is -2.29. The van der Waals surface area contributed by atoms with E-state index < -0.39 is 24.3 Å². The van der Waals surface area contributed by atoms with Crippen LogP contribution in [-0.2, 0) is 21.7 Å². The molecule has 2 aromatic carbocycles. The minimum Gasteiger partial charge on any atom is -0.496 e. The zero-order valence-electron chi connectivity index (χ0n) is 30.7. The molecule has 0 aliphatic heterocycles. The van der Waals surface area contributed by atoms with Crippen molar-refractivity contribution in [3.05, 3.63) is 95.1 Å². The van der Waals surface area contributed by atoms with E-state index in [1.807, 2.05) is 61.0 Å². The lowest BCUT2D eigenvalue weighted by molar-refractivity contribution is 0.0899. The van der Waals surface area contributed by atoms with E-state index in [0.717, 1.165) is 21.5 Å². The highest BCUT2D eigenvalue weighted by Crippen LogP contribution is 2.40. The molecule has 0 aliphatic carbocycles. The molecule has 52 heavy (non-hydrogen) atoms. The van der Waals surface area contributed by atoms with Crippen LogP contribution < -0.4 is 20.3 Å². The van der Waals surface area contributed by atoms with E-state index in [-0.39, 0.29) is 12.3 Å². The number of hydrogen-bond donors (Lipinski definition) is 2. The lowest BCUT2D eigenvalue weighted by Gasteiger charge is -2.20. The molecule has 0 radical (unpaired) electrons. The van der Waals surface area contributed by atoms with E-state index in [1.165, 1.54) is 27.5 Å². The van der Waals surface area contributed by atoms with Crippen LogP contribution in [0.3, 0.4) is 0 Å². The monoisotopic (exact) mass is 743 g/mol. The zero-order chi connectivity index (χ0) is 37.4. The average molecular weight is 744 g/mol. The molecule has 6 aromatic rings. The van der Waals surface area contributed by atoms with E-state index in [4.69, 9.17) is 19.6 Å². The Bertz CT molecular complexity index is 2400. The molecule has 6 rings (SSSR count). The summed E-state index contributed by atoms with van der Waals surface area (Å²) in [5.41, 5.74) is 4.24. The number of hydrogen-bond acceptors (Lipinski definition) is 9. The molecule has 0 saturated heterocycles. The molecular weight excluding hydrogens is 699 g/mol. The highest BCUT2D eigenvalue weighted by molar-refractivity contribution is 7.90. The molecule has 0 fully saturated rings. The van der Waals surface area contributed by atoms with Crippen molar-refractivity contribution in [1.82, 2.24) is 33.0 Å². The van der Waals surface area contributed by atoms with Crippen LogP contribution in [0.25, 0.3) is 33.4 Å². The predicted octanol–water partition coefficient (Wildman–Crippen LogP) is 5.92. The lowest BCUT2D eigenvalue weighted by atomic mass is 10.0. The maximum Gasteiger partial charge on any atom is 0.301 e. The Balaban J connectivity index is 1.47. The molecule has 1 atom stereocenters. The van der Waals surface area contributed by atoms with Crippen LogP contribution in [-0.4, -0.2) is 77.3 Å². The van der Waals surface area contributed by atoms with Gasteiger partial charge in [-0.1, -0.05) is 37.8 Å². The number of rotatable bonds is 14. The number of ether oxygens (including phenoxy) is 2. The molecule has 0 bridgehead atoms. The van der Waals surface area contributed by atoms with Crippen molar-refractivity contribution >= 4 is 46.3 Å². The van der Waals surface area contributed by atoms with E-state index in [1.54, 1.807) is 33.5 Å². The molecule has 4 heterocycles. The second-order valence-electron chi connectivity index (χ2n) is 14.1. The van der Waals surface area contributed by atoms with Gasteiger partial charge in [-0.15, -0.1) is 0 Å². The molecule has 4 aromatic heterocycles. The molecule has 2 N–H and O–H groups in total. The Morgan fingerprint density at radius 3 is 2.46 bits per heavy atom. The smallest absolute Gasteiger partial charge is 0.301 e. The number of methoxy groups -OCH3 is 1. The summed E-state index contributed by atoms with van der Waals surface area (Å²) in [5, 5.41) is 9.14. The van der Waals surface area contributed by atoms with Crippen molar-refractivity contribution in [1.29, 1.82) is 0 Å². The number of fused-ring (bicyclic) bond motifs is 2. The molecular formula is C36H45N9O5SSi. The molecule has 274 valence electrons. The van der Waals surface area contributed by atoms with Gasteiger partial charge in [-0.05, 0) is 55.8 Å². The summed E-state index contributed by atoms with van der Waals surface area (Å²) in [6.45, 7) is 11.6. The van der Waals surface area contributed by atoms with Gasteiger partial charge in [-0.3, -0.25) is 14.1 Å². The normalized spacial score (nSPS) is 12.9. The first kappa shape index (κ1) is 36.7. The van der Waals surface area contributed by atoms with Crippen LogP contribution in [0, 0.1) is 6.92 Å². The summed E-state index contributed by atoms with van der Waals surface area (Å²) in [5.74, 6) is 1.43. The third-order valence-electron chi connectivity index (χ3n) is 8.77. The fraction of sp³-hybridized carbons (Fsp3) is 0.333. The number of nitrogens with zero attached hydrogens (tertiary/aromatic N) is 7. The largest absolute Gasteiger partial charge is 0.496 e. The van der Waals surface area contributed by atoms with Gasteiger partial charge in [-0.25, -0.2) is 14.5 Å². The van der Waals surface area contributed by atoms with Gasteiger partial charge < -0.3 is 19.4 Å². The Morgan fingerprint density at radius 2 is 1.77 bits per heavy atom. The van der Waals surface area contributed by atoms with Gasteiger partial charge in [0.05, 0.1) is 29.9 Å². The Morgan fingerprint density at radius 1 is 1.02 bits per heavy atom. The highest BCUT2D eigenvalue weighted by atomic mass is 32.2. The van der Waals surface area contributed by atoms with E-state index in [0.29, 0.717) is 57.5 Å². The fourth-order valence-corrected chi connectivity index (χ4v) is 7.27. The van der Waals surface area contributed by atoms with E-state index in [9.17, 15) is 13.2 Å². The zero-order valence-corrected chi connectivity index (χ0v) is 32.5. The molecule has 0 saturated carbocycles. The maximum absolute atomic E-state index is 14.0. The third kappa shape index (κ3) is 7.46. The highest BCUT2D eigenvalue weighted by Gasteiger charge is 2.25. The number of para-hydroxylation sites is 1. The van der Waals surface area contributed by atoms with Crippen LogP contribution in [0.5, 0.6) is 5.75 Å². The van der Waals surface area contributed by atoms with Crippen molar-refractivity contribution in [2.24, 2.45) is 0 Å². The molecule has 0 amide bonds. The minimum absolute atomic E-state index is 0.183. The Hall–Kier alpha value is -5.03. The van der Waals surface area contributed by atoms with E-state index >= 15 is 0 Å². The SMILES string of the molecule is COc1cc(NS(=O)(=O)N(C)C)ccc1-c1cn(COCC[Si](C)(C)C)c2ncnc(N[C@@H](C)c3nn4ccc(C)c4c(=O)n3-c3ccccc3)c12. The molecule has 16 heteroatoms. The summed E-state index contributed by atoms with van der Waals surface area (Å²) in [6.07, 6.45) is 5.22. The van der Waals surface area contributed by atoms with Gasteiger partial charge in [0.1, 0.15) is 35.8 Å². The van der Waals surface area contributed by atoms with Gasteiger partial charge in [0.2, 0.25) is 0 Å². The first-order valence-corrected chi connectivity index (χ1v) is 22.1. The quantitative estimate of drug-likeness (QED) is 0.102. The number of anilines is 2. The number of nitrogens with one attached hydrogen (secondary N) is 2. The molecule has 0 aliphatic rings. The van der Waals surface area contributed by atoms with Gasteiger partial charge in [-0.2, -0.15) is 17.8 Å². The molecule has 0 unspecified atom stereocenters. The Kier molecular flexibility index (Phi) is 10.3. The number of aryl methyl sites for hydroxylation is 1. The van der Waals surface area contributed by atoms with Crippen LogP contribution in [0.1, 0.15) is 24.4 Å². The van der Waals surface area contributed by atoms with Crippen LogP contribution in [0.4, 0.5) is 11.5 Å². The second kappa shape index (κ2) is 14.5. The van der Waals surface area contributed by atoms with Gasteiger partial charge in [0, 0.05) is 58.4 Å². The fourth-order valence-electron chi connectivity index (χ4n) is 5.90. The summed E-state index contributed by atoms with van der Waals surface area (Å²) < 4.78 is 46.1. The van der Waals surface area contributed by atoms with Gasteiger partial charge in [0.15, 0.2) is 5.82 Å². The van der Waals surface area contributed by atoms with E-state index in [2.05, 4.69) is 34.7 Å². The minimum atomic E-state index is -3.75. The van der Waals surface area contributed by atoms with Crippen molar-refractivity contribution in [2.45, 2.75) is 52.3 Å². The van der Waals surface area contributed by atoms with Crippen LogP contribution in [0.15, 0.2) is 78.1 Å². The summed E-state index contributed by atoms with van der Waals surface area (Å²) in [4.78, 5) is 23.4. The number of aromatic nitrogens is 6. The van der Waals surface area contributed by atoms with Gasteiger partial charge in [0.25, 0.3) is 5.56 Å². The summed E-state index contributed by atoms with van der Waals surface area (Å²) >= 11 is 0. The number of benzene rings is 2. The average Bonchev–Trinajstić information content (AvgIpc) is 3.67. The third-order valence-corrected chi connectivity index (χ3v) is 11.9. The van der Waals surface area contributed by atoms with Crippen molar-refractivity contribution < 1.29 is 17.9 Å². The molecule has 14 nitrogen and oxygen atoms in total. The standard InChI is InChI=1S/C36H45N9O5SSi/c1-24-16-17-44-32(24)36(46)45(27-12-10-9-11-13-27)34(40-44)25(2)39-33-31-29(21-43(35(31)38-22-37-33)23-50-18-19-52(6,7)8)28-15-14-26(20-30(28)49-5)41-51(47,48)42(3)4/h9-17,20-22,25,41H,18-19,23H2,1-8H3,(H,37,38,39)/t25-/m0/s1. The first-order valence-electron chi connectivity index (χ1n) is 16.9. The molecule has 0 spiro atoms. The van der Waals surface area contributed by atoms with Crippen molar-refractivity contribution in [3.63, 3.8) is 0 Å². The predicted molar refractivity (Wildman–Crippen MR) is 207 cm³/mol. The first-order chi connectivity index (χ1) is 24.7. The van der Waals surface area contributed by atoms with Gasteiger partial charge >= 0.3 is 10.2 Å².